The van der Waals surface area contributed by atoms with Crippen LogP contribution in [0.3, 0.4) is 0 Å². The Labute approximate surface area is 127 Å². The number of hydrogen-bond acceptors (Lipinski definition) is 6. The Morgan fingerprint density at radius 1 is 1.27 bits per heavy atom. The summed E-state index contributed by atoms with van der Waals surface area (Å²) < 4.78 is 10.7. The molecule has 110 valence electrons. The second-order valence-corrected chi connectivity index (χ2v) is 4.88. The van der Waals surface area contributed by atoms with E-state index in [-0.39, 0.29) is 11.8 Å². The van der Waals surface area contributed by atoms with Gasteiger partial charge in [0.25, 0.3) is 0 Å². The van der Waals surface area contributed by atoms with E-state index in [1.54, 1.807) is 31.6 Å². The van der Waals surface area contributed by atoms with Gasteiger partial charge in [0.2, 0.25) is 5.88 Å². The molecule has 0 amide bonds. The van der Waals surface area contributed by atoms with Crippen molar-refractivity contribution in [1.29, 1.82) is 5.26 Å². The first-order valence-electron chi connectivity index (χ1n) is 6.60. The highest BCUT2D eigenvalue weighted by Crippen LogP contribution is 2.42. The summed E-state index contributed by atoms with van der Waals surface area (Å²) >= 11 is 0. The third kappa shape index (κ3) is 2.19. The van der Waals surface area contributed by atoms with Crippen LogP contribution in [0.15, 0.2) is 48.1 Å². The number of anilines is 1. The molecule has 0 saturated heterocycles. The van der Waals surface area contributed by atoms with Crippen LogP contribution in [0.4, 0.5) is 5.69 Å². The zero-order valence-electron chi connectivity index (χ0n) is 11.9. The smallest absolute Gasteiger partial charge is 0.205 e. The summed E-state index contributed by atoms with van der Waals surface area (Å²) in [6.07, 6.45) is 3.29. The second kappa shape index (κ2) is 5.30. The molecule has 0 saturated carbocycles. The number of fused-ring (bicyclic) bond motifs is 1. The van der Waals surface area contributed by atoms with Gasteiger partial charge in [0.05, 0.1) is 19.2 Å². The standard InChI is InChI=1S/C16H14N4O2/c1-21-11-4-9(7-20-8-11)15-12-3-2-10(18)5-14(12)22-16(19)13(15)6-17/h2-5,7-8,15H,18-19H2,1H3. The van der Waals surface area contributed by atoms with Crippen molar-refractivity contribution >= 4 is 5.69 Å². The molecular weight excluding hydrogens is 280 g/mol. The number of pyridine rings is 1. The Balaban J connectivity index is 2.21. The summed E-state index contributed by atoms with van der Waals surface area (Å²) in [6, 6.07) is 9.24. The van der Waals surface area contributed by atoms with E-state index in [0.717, 1.165) is 11.1 Å². The Morgan fingerprint density at radius 2 is 2.09 bits per heavy atom. The van der Waals surface area contributed by atoms with Crippen molar-refractivity contribution in [3.05, 3.63) is 59.2 Å². The van der Waals surface area contributed by atoms with E-state index in [2.05, 4.69) is 11.1 Å². The average molecular weight is 294 g/mol. The molecule has 22 heavy (non-hydrogen) atoms. The van der Waals surface area contributed by atoms with E-state index >= 15 is 0 Å². The van der Waals surface area contributed by atoms with Crippen LogP contribution in [0, 0.1) is 11.3 Å². The second-order valence-electron chi connectivity index (χ2n) is 4.88. The Bertz CT molecular complexity index is 808. The van der Waals surface area contributed by atoms with E-state index in [0.29, 0.717) is 22.8 Å². The summed E-state index contributed by atoms with van der Waals surface area (Å²) in [4.78, 5) is 4.15. The zero-order valence-corrected chi connectivity index (χ0v) is 11.9. The first-order chi connectivity index (χ1) is 10.6. The van der Waals surface area contributed by atoms with Gasteiger partial charge in [-0.1, -0.05) is 6.07 Å². The predicted molar refractivity (Wildman–Crippen MR) is 80.9 cm³/mol. The molecule has 0 aliphatic carbocycles. The van der Waals surface area contributed by atoms with Gasteiger partial charge < -0.3 is 20.9 Å². The number of allylic oxidation sites excluding steroid dienone is 1. The lowest BCUT2D eigenvalue weighted by Gasteiger charge is -2.26. The summed E-state index contributed by atoms with van der Waals surface area (Å²) in [5, 5.41) is 9.46. The van der Waals surface area contributed by atoms with Crippen molar-refractivity contribution in [2.75, 3.05) is 12.8 Å². The number of ether oxygens (including phenoxy) is 2. The highest BCUT2D eigenvalue weighted by Gasteiger charge is 2.31. The molecule has 6 heteroatoms. The maximum absolute atomic E-state index is 9.46. The van der Waals surface area contributed by atoms with Gasteiger partial charge >= 0.3 is 0 Å². The fourth-order valence-corrected chi connectivity index (χ4v) is 2.52. The Kier molecular flexibility index (Phi) is 3.31. The molecule has 4 N–H and O–H groups in total. The Morgan fingerprint density at radius 3 is 2.82 bits per heavy atom. The molecule has 0 spiro atoms. The molecule has 6 nitrogen and oxygen atoms in total. The monoisotopic (exact) mass is 294 g/mol. The van der Waals surface area contributed by atoms with Crippen LogP contribution in [0.5, 0.6) is 11.5 Å². The molecule has 1 aliphatic rings. The van der Waals surface area contributed by atoms with E-state index in [4.69, 9.17) is 20.9 Å². The Hall–Kier alpha value is -3.20. The van der Waals surface area contributed by atoms with E-state index in [9.17, 15) is 5.26 Å². The summed E-state index contributed by atoms with van der Waals surface area (Å²) in [6.45, 7) is 0. The fraction of sp³-hybridized carbons (Fsp3) is 0.125. The van der Waals surface area contributed by atoms with Crippen LogP contribution in [0.25, 0.3) is 0 Å². The number of aromatic nitrogens is 1. The van der Waals surface area contributed by atoms with Gasteiger partial charge in [-0.25, -0.2) is 0 Å². The van der Waals surface area contributed by atoms with Crippen molar-refractivity contribution in [3.63, 3.8) is 0 Å². The van der Waals surface area contributed by atoms with Gasteiger partial charge in [-0.2, -0.15) is 5.26 Å². The largest absolute Gasteiger partial charge is 0.495 e. The topological polar surface area (TPSA) is 107 Å². The van der Waals surface area contributed by atoms with Crippen molar-refractivity contribution in [3.8, 4) is 17.6 Å². The van der Waals surface area contributed by atoms with E-state index in [1.165, 1.54) is 0 Å². The SMILES string of the molecule is COc1cncc(C2C(C#N)=C(N)Oc3cc(N)ccc32)c1. The van der Waals surface area contributed by atoms with Gasteiger partial charge in [-0.3, -0.25) is 4.98 Å². The van der Waals surface area contributed by atoms with Crippen LogP contribution in [0.1, 0.15) is 17.0 Å². The van der Waals surface area contributed by atoms with Gasteiger partial charge in [-0.05, 0) is 17.7 Å². The van der Waals surface area contributed by atoms with Gasteiger partial charge in [0, 0.05) is 23.5 Å². The highest BCUT2D eigenvalue weighted by molar-refractivity contribution is 5.59. The van der Waals surface area contributed by atoms with Crippen LogP contribution in [0.2, 0.25) is 0 Å². The number of nitrogen functional groups attached to an aromatic ring is 1. The highest BCUT2D eigenvalue weighted by atomic mass is 16.5. The number of methoxy groups -OCH3 is 1. The number of rotatable bonds is 2. The zero-order chi connectivity index (χ0) is 15.7. The van der Waals surface area contributed by atoms with Gasteiger partial charge in [-0.15, -0.1) is 0 Å². The maximum Gasteiger partial charge on any atom is 0.205 e. The number of nitriles is 1. The molecule has 1 aromatic heterocycles. The van der Waals surface area contributed by atoms with E-state index in [1.807, 2.05) is 12.1 Å². The van der Waals surface area contributed by atoms with Gasteiger partial charge in [0.15, 0.2) is 0 Å². The van der Waals surface area contributed by atoms with Crippen LogP contribution >= 0.6 is 0 Å². The van der Waals surface area contributed by atoms with Crippen molar-refractivity contribution in [1.82, 2.24) is 4.98 Å². The first-order valence-corrected chi connectivity index (χ1v) is 6.60. The lowest BCUT2D eigenvalue weighted by Crippen LogP contribution is -2.21. The normalized spacial score (nSPS) is 16.5. The number of hydrogen-bond donors (Lipinski definition) is 2. The van der Waals surface area contributed by atoms with Crippen molar-refractivity contribution in [2.45, 2.75) is 5.92 Å². The minimum atomic E-state index is -0.364. The average Bonchev–Trinajstić information content (AvgIpc) is 2.53. The molecule has 1 aliphatic heterocycles. The summed E-state index contributed by atoms with van der Waals surface area (Å²) in [5.41, 5.74) is 14.2. The third-order valence-corrected chi connectivity index (χ3v) is 3.55. The lowest BCUT2D eigenvalue weighted by molar-refractivity contribution is 0.393. The number of nitrogens with two attached hydrogens (primary N) is 2. The summed E-state index contributed by atoms with van der Waals surface area (Å²) in [5.74, 6) is 0.867. The van der Waals surface area contributed by atoms with Crippen LogP contribution in [-0.2, 0) is 0 Å². The van der Waals surface area contributed by atoms with Crippen LogP contribution in [-0.4, -0.2) is 12.1 Å². The molecule has 0 radical (unpaired) electrons. The molecule has 2 heterocycles. The minimum Gasteiger partial charge on any atom is -0.495 e. The fourth-order valence-electron chi connectivity index (χ4n) is 2.52. The molecular formula is C16H14N4O2. The molecule has 3 rings (SSSR count). The molecule has 0 bridgehead atoms. The first kappa shape index (κ1) is 13.8. The number of benzene rings is 1. The van der Waals surface area contributed by atoms with Crippen molar-refractivity contribution < 1.29 is 9.47 Å². The lowest BCUT2D eigenvalue weighted by atomic mass is 9.84. The molecule has 1 aromatic carbocycles. The third-order valence-electron chi connectivity index (χ3n) is 3.55. The summed E-state index contributed by atoms with van der Waals surface area (Å²) in [7, 11) is 1.56. The minimum absolute atomic E-state index is 0.0772. The molecule has 0 fully saturated rings. The maximum atomic E-state index is 9.46. The van der Waals surface area contributed by atoms with Crippen molar-refractivity contribution in [2.24, 2.45) is 5.73 Å². The predicted octanol–water partition coefficient (Wildman–Crippen LogP) is 1.89. The molecule has 1 atom stereocenters. The molecule has 1 unspecified atom stereocenters. The van der Waals surface area contributed by atoms with Gasteiger partial charge in [0.1, 0.15) is 23.1 Å². The quantitative estimate of drug-likeness (QED) is 0.819. The molecule has 2 aromatic rings. The van der Waals surface area contributed by atoms with E-state index < -0.39 is 0 Å². The number of nitrogens with zero attached hydrogens (tertiary/aromatic N) is 2. The van der Waals surface area contributed by atoms with Crippen LogP contribution < -0.4 is 20.9 Å².